The van der Waals surface area contributed by atoms with E-state index >= 15 is 0 Å². The summed E-state index contributed by atoms with van der Waals surface area (Å²) < 4.78 is 40.7. The van der Waals surface area contributed by atoms with Crippen LogP contribution in [0.25, 0.3) is 0 Å². The molecule has 0 aliphatic heterocycles. The molecule has 0 spiro atoms. The molecule has 0 amide bonds. The van der Waals surface area contributed by atoms with Crippen LogP contribution in [0.5, 0.6) is 0 Å². The SMILES string of the molecule is Nc1ccc(F)c(S(=O)(=O)N(CC2CC2)CC2CC2)c1. The van der Waals surface area contributed by atoms with Crippen LogP contribution in [0.3, 0.4) is 0 Å². The molecule has 110 valence electrons. The molecule has 2 aliphatic carbocycles. The Morgan fingerprint density at radius 1 is 1.15 bits per heavy atom. The monoisotopic (exact) mass is 298 g/mol. The topological polar surface area (TPSA) is 63.4 Å². The van der Waals surface area contributed by atoms with Gasteiger partial charge >= 0.3 is 0 Å². The molecule has 0 atom stereocenters. The summed E-state index contributed by atoms with van der Waals surface area (Å²) in [6.07, 6.45) is 4.26. The minimum atomic E-state index is -3.79. The molecular formula is C14H19FN2O2S. The second-order valence-electron chi connectivity index (χ2n) is 5.90. The molecule has 6 heteroatoms. The maximum absolute atomic E-state index is 13.9. The Kier molecular flexibility index (Phi) is 3.46. The summed E-state index contributed by atoms with van der Waals surface area (Å²) in [7, 11) is -3.79. The minimum Gasteiger partial charge on any atom is -0.399 e. The molecule has 0 unspecified atom stereocenters. The highest BCUT2D eigenvalue weighted by molar-refractivity contribution is 7.89. The molecule has 2 N–H and O–H groups in total. The molecular weight excluding hydrogens is 279 g/mol. The molecule has 3 rings (SSSR count). The van der Waals surface area contributed by atoms with Gasteiger partial charge in [-0.3, -0.25) is 0 Å². The summed E-state index contributed by atoms with van der Waals surface area (Å²) in [5.41, 5.74) is 5.87. The first-order valence-electron chi connectivity index (χ1n) is 7.02. The van der Waals surface area contributed by atoms with Gasteiger partial charge in [0.1, 0.15) is 10.7 Å². The summed E-state index contributed by atoms with van der Waals surface area (Å²) in [4.78, 5) is -0.293. The molecule has 1 aromatic rings. The minimum absolute atomic E-state index is 0.266. The third-order valence-corrected chi connectivity index (χ3v) is 5.74. The molecule has 20 heavy (non-hydrogen) atoms. The second kappa shape index (κ2) is 5.00. The fourth-order valence-electron chi connectivity index (χ4n) is 2.30. The van der Waals surface area contributed by atoms with Gasteiger partial charge in [0.2, 0.25) is 10.0 Å². The Hall–Kier alpha value is -1.14. The smallest absolute Gasteiger partial charge is 0.246 e. The summed E-state index contributed by atoms with van der Waals surface area (Å²) in [5, 5.41) is 0. The first-order valence-corrected chi connectivity index (χ1v) is 8.46. The zero-order valence-electron chi connectivity index (χ0n) is 11.3. The van der Waals surface area contributed by atoms with E-state index in [2.05, 4.69) is 0 Å². The largest absolute Gasteiger partial charge is 0.399 e. The summed E-state index contributed by atoms with van der Waals surface area (Å²) in [6, 6.07) is 3.71. The summed E-state index contributed by atoms with van der Waals surface area (Å²) in [6.45, 7) is 1.01. The Morgan fingerprint density at radius 2 is 1.70 bits per heavy atom. The average molecular weight is 298 g/mol. The number of rotatable bonds is 6. The van der Waals surface area contributed by atoms with E-state index < -0.39 is 15.8 Å². The number of hydrogen-bond donors (Lipinski definition) is 1. The van der Waals surface area contributed by atoms with Crippen LogP contribution in [-0.2, 0) is 10.0 Å². The average Bonchev–Trinajstić information content (AvgIpc) is 3.25. The lowest BCUT2D eigenvalue weighted by atomic mass is 10.3. The summed E-state index contributed by atoms with van der Waals surface area (Å²) in [5.74, 6) is 0.149. The number of halogens is 1. The van der Waals surface area contributed by atoms with E-state index in [-0.39, 0.29) is 10.6 Å². The van der Waals surface area contributed by atoms with Crippen molar-refractivity contribution in [3.05, 3.63) is 24.0 Å². The predicted octanol–water partition coefficient (Wildman–Crippen LogP) is 2.22. The number of nitrogen functional groups attached to an aromatic ring is 1. The molecule has 0 heterocycles. The van der Waals surface area contributed by atoms with Gasteiger partial charge in [-0.2, -0.15) is 4.31 Å². The van der Waals surface area contributed by atoms with Crippen molar-refractivity contribution in [3.63, 3.8) is 0 Å². The second-order valence-corrected chi connectivity index (χ2v) is 7.80. The number of hydrogen-bond acceptors (Lipinski definition) is 3. The Bertz CT molecular complexity index is 596. The van der Waals surface area contributed by atoms with Crippen LogP contribution in [-0.4, -0.2) is 25.8 Å². The van der Waals surface area contributed by atoms with Crippen LogP contribution >= 0.6 is 0 Å². The van der Waals surface area contributed by atoms with E-state index in [0.29, 0.717) is 24.9 Å². The number of nitrogens with zero attached hydrogens (tertiary/aromatic N) is 1. The van der Waals surface area contributed by atoms with Gasteiger partial charge in [0.25, 0.3) is 0 Å². The van der Waals surface area contributed by atoms with Crippen molar-refractivity contribution in [2.45, 2.75) is 30.6 Å². The fourth-order valence-corrected chi connectivity index (χ4v) is 4.00. The van der Waals surface area contributed by atoms with Gasteiger partial charge < -0.3 is 5.73 Å². The van der Waals surface area contributed by atoms with E-state index in [1.165, 1.54) is 16.4 Å². The molecule has 2 aliphatic rings. The molecule has 4 nitrogen and oxygen atoms in total. The molecule has 0 bridgehead atoms. The third-order valence-electron chi connectivity index (χ3n) is 3.89. The molecule has 2 saturated carbocycles. The number of sulfonamides is 1. The summed E-state index contributed by atoms with van der Waals surface area (Å²) >= 11 is 0. The van der Waals surface area contributed by atoms with Crippen LogP contribution in [0.2, 0.25) is 0 Å². The van der Waals surface area contributed by atoms with Gasteiger partial charge in [0.15, 0.2) is 0 Å². The lowest BCUT2D eigenvalue weighted by Gasteiger charge is -2.22. The quantitative estimate of drug-likeness (QED) is 0.819. The van der Waals surface area contributed by atoms with Gasteiger partial charge in [0.05, 0.1) is 0 Å². The van der Waals surface area contributed by atoms with Crippen molar-refractivity contribution in [1.29, 1.82) is 0 Å². The lowest BCUT2D eigenvalue weighted by molar-refractivity contribution is 0.379. The van der Waals surface area contributed by atoms with E-state index in [1.54, 1.807) is 0 Å². The van der Waals surface area contributed by atoms with Gasteiger partial charge in [0, 0.05) is 18.8 Å². The molecule has 0 saturated heterocycles. The highest BCUT2D eigenvalue weighted by Gasteiger charge is 2.36. The molecule has 2 fully saturated rings. The maximum Gasteiger partial charge on any atom is 0.246 e. The molecule has 0 radical (unpaired) electrons. The highest BCUT2D eigenvalue weighted by atomic mass is 32.2. The van der Waals surface area contributed by atoms with Crippen LogP contribution < -0.4 is 5.73 Å². The van der Waals surface area contributed by atoms with Crippen molar-refractivity contribution in [2.75, 3.05) is 18.8 Å². The normalized spacial score (nSPS) is 19.5. The first kappa shape index (κ1) is 13.8. The maximum atomic E-state index is 13.9. The predicted molar refractivity (Wildman–Crippen MR) is 75.0 cm³/mol. The van der Waals surface area contributed by atoms with Crippen molar-refractivity contribution in [3.8, 4) is 0 Å². The van der Waals surface area contributed by atoms with Gasteiger partial charge in [-0.1, -0.05) is 0 Å². The van der Waals surface area contributed by atoms with E-state index in [4.69, 9.17) is 5.73 Å². The van der Waals surface area contributed by atoms with Crippen LogP contribution in [0.4, 0.5) is 10.1 Å². The van der Waals surface area contributed by atoms with Crippen molar-refractivity contribution >= 4 is 15.7 Å². The van der Waals surface area contributed by atoms with Crippen molar-refractivity contribution in [1.82, 2.24) is 4.31 Å². The molecule has 1 aromatic carbocycles. The lowest BCUT2D eigenvalue weighted by Crippen LogP contribution is -2.35. The highest BCUT2D eigenvalue weighted by Crippen LogP contribution is 2.36. The number of benzene rings is 1. The Labute approximate surface area is 118 Å². The zero-order valence-corrected chi connectivity index (χ0v) is 12.1. The Morgan fingerprint density at radius 3 is 2.20 bits per heavy atom. The van der Waals surface area contributed by atoms with Crippen molar-refractivity contribution < 1.29 is 12.8 Å². The standard InChI is InChI=1S/C14H19FN2O2S/c15-13-6-5-12(16)7-14(13)20(18,19)17(8-10-1-2-10)9-11-3-4-11/h5-7,10-11H,1-4,8-9,16H2. The number of nitrogens with two attached hydrogens (primary N) is 1. The van der Waals surface area contributed by atoms with Crippen LogP contribution in [0.15, 0.2) is 23.1 Å². The zero-order chi connectivity index (χ0) is 14.3. The van der Waals surface area contributed by atoms with Gasteiger partial charge in [-0.05, 0) is 55.7 Å². The van der Waals surface area contributed by atoms with Crippen LogP contribution in [0, 0.1) is 17.7 Å². The fraction of sp³-hybridized carbons (Fsp3) is 0.571. The van der Waals surface area contributed by atoms with E-state index in [9.17, 15) is 12.8 Å². The Balaban J connectivity index is 1.91. The third kappa shape index (κ3) is 2.96. The van der Waals surface area contributed by atoms with Gasteiger partial charge in [-0.15, -0.1) is 0 Å². The first-order chi connectivity index (χ1) is 9.46. The molecule has 0 aromatic heterocycles. The van der Waals surface area contributed by atoms with E-state index in [1.807, 2.05) is 0 Å². The van der Waals surface area contributed by atoms with E-state index in [0.717, 1.165) is 31.7 Å². The number of anilines is 1. The van der Waals surface area contributed by atoms with Gasteiger partial charge in [-0.25, -0.2) is 12.8 Å². The van der Waals surface area contributed by atoms with Crippen molar-refractivity contribution in [2.24, 2.45) is 11.8 Å². The van der Waals surface area contributed by atoms with Crippen LogP contribution in [0.1, 0.15) is 25.7 Å².